The third-order valence-electron chi connectivity index (χ3n) is 4.02. The van der Waals surface area contributed by atoms with Crippen LogP contribution in [0.15, 0.2) is 53.4 Å². The second kappa shape index (κ2) is 6.76. The lowest BCUT2D eigenvalue weighted by Gasteiger charge is -2.12. The summed E-state index contributed by atoms with van der Waals surface area (Å²) in [5, 5.41) is 0.376. The maximum absolute atomic E-state index is 13.3. The van der Waals surface area contributed by atoms with E-state index in [1.807, 2.05) is 6.92 Å². The topological polar surface area (TPSA) is 82.4 Å². The number of hydrogen-bond acceptors (Lipinski definition) is 5. The fraction of sp³-hybridized carbons (Fsp3) is 0.158. The number of aromatic nitrogens is 1. The van der Waals surface area contributed by atoms with Crippen molar-refractivity contribution in [2.24, 2.45) is 0 Å². The van der Waals surface area contributed by atoms with Gasteiger partial charge in [-0.15, -0.1) is 0 Å². The van der Waals surface area contributed by atoms with Crippen molar-refractivity contribution >= 4 is 33.2 Å². The van der Waals surface area contributed by atoms with Gasteiger partial charge in [-0.1, -0.05) is 35.9 Å². The van der Waals surface area contributed by atoms with E-state index in [0.29, 0.717) is 11.7 Å². The van der Waals surface area contributed by atoms with Gasteiger partial charge < -0.3 is 4.74 Å². The zero-order chi connectivity index (χ0) is 18.9. The zero-order valence-electron chi connectivity index (χ0n) is 14.3. The maximum Gasteiger partial charge on any atom is 0.356 e. The number of hydrogen-bond donors (Lipinski definition) is 0. The van der Waals surface area contributed by atoms with Crippen LogP contribution in [0.25, 0.3) is 10.9 Å². The fourth-order valence-corrected chi connectivity index (χ4v) is 4.34. The summed E-state index contributed by atoms with van der Waals surface area (Å²) in [5.74, 6) is -0.860. The minimum Gasteiger partial charge on any atom is -0.461 e. The van der Waals surface area contributed by atoms with E-state index in [0.717, 1.165) is 9.54 Å². The molecule has 26 heavy (non-hydrogen) atoms. The third kappa shape index (κ3) is 2.80. The maximum atomic E-state index is 13.3. The highest BCUT2D eigenvalue weighted by Gasteiger charge is 2.31. The Hall–Kier alpha value is -2.93. The van der Waals surface area contributed by atoms with E-state index < -0.39 is 16.0 Å². The summed E-state index contributed by atoms with van der Waals surface area (Å²) < 4.78 is 32.4. The largest absolute Gasteiger partial charge is 0.461 e. The predicted octanol–water partition coefficient (Wildman–Crippen LogP) is 3.18. The lowest BCUT2D eigenvalue weighted by Crippen LogP contribution is -2.21. The second-order valence-corrected chi connectivity index (χ2v) is 7.49. The van der Waals surface area contributed by atoms with Gasteiger partial charge in [0.2, 0.25) is 0 Å². The molecule has 0 aliphatic carbocycles. The molecule has 0 aliphatic heterocycles. The summed E-state index contributed by atoms with van der Waals surface area (Å²) in [4.78, 5) is 24.2. The molecule has 0 saturated carbocycles. The number of ether oxygens (including phenoxy) is 1. The average Bonchev–Trinajstić information content (AvgIpc) is 2.97. The molecule has 1 heterocycles. The van der Waals surface area contributed by atoms with Crippen molar-refractivity contribution in [2.75, 3.05) is 6.61 Å². The first kappa shape index (κ1) is 17.9. The summed E-state index contributed by atoms with van der Waals surface area (Å²) in [6, 6.07) is 12.7. The van der Waals surface area contributed by atoms with Crippen LogP contribution in [0.2, 0.25) is 0 Å². The van der Waals surface area contributed by atoms with Gasteiger partial charge in [0.1, 0.15) is 0 Å². The number of nitrogens with zero attached hydrogens (tertiary/aromatic N) is 1. The van der Waals surface area contributed by atoms with Gasteiger partial charge in [-0.3, -0.25) is 4.79 Å². The third-order valence-corrected chi connectivity index (χ3v) is 5.74. The molecule has 3 aromatic rings. The highest BCUT2D eigenvalue weighted by atomic mass is 32.2. The van der Waals surface area contributed by atoms with Crippen LogP contribution in [0.1, 0.15) is 33.3 Å². The molecule has 0 spiro atoms. The average molecular weight is 371 g/mol. The van der Waals surface area contributed by atoms with Crippen LogP contribution in [0.4, 0.5) is 0 Å². The van der Waals surface area contributed by atoms with Crippen LogP contribution in [-0.2, 0) is 14.8 Å². The van der Waals surface area contributed by atoms with Crippen molar-refractivity contribution in [1.29, 1.82) is 0 Å². The molecule has 0 atom stereocenters. The number of carbonyl (C=O) groups is 2. The van der Waals surface area contributed by atoms with Crippen molar-refractivity contribution in [2.45, 2.75) is 18.7 Å². The Morgan fingerprint density at radius 3 is 2.38 bits per heavy atom. The highest BCUT2D eigenvalue weighted by Crippen LogP contribution is 2.30. The van der Waals surface area contributed by atoms with Gasteiger partial charge >= 0.3 is 5.97 Å². The van der Waals surface area contributed by atoms with Gasteiger partial charge in [-0.2, -0.15) is 0 Å². The summed E-state index contributed by atoms with van der Waals surface area (Å²) in [6.07, 6.45) is 0.482. The Bertz CT molecular complexity index is 1090. The molecule has 0 radical (unpaired) electrons. The van der Waals surface area contributed by atoms with Gasteiger partial charge in [0.05, 0.1) is 22.6 Å². The molecule has 7 heteroatoms. The van der Waals surface area contributed by atoms with Crippen molar-refractivity contribution in [3.63, 3.8) is 0 Å². The van der Waals surface area contributed by atoms with E-state index in [9.17, 15) is 18.0 Å². The first-order chi connectivity index (χ1) is 12.4. The Balaban J connectivity index is 2.41. The number of carbonyl (C=O) groups excluding carboxylic acids is 2. The SMILES string of the molecule is CCOC(=O)c1c(C=O)c2ccccc2n1S(=O)(=O)c1ccc(C)cc1. The first-order valence-corrected chi connectivity index (χ1v) is 9.43. The summed E-state index contributed by atoms with van der Waals surface area (Å²) in [5.41, 5.74) is 0.858. The lowest BCUT2D eigenvalue weighted by atomic mass is 10.1. The molecule has 2 aromatic carbocycles. The highest BCUT2D eigenvalue weighted by molar-refractivity contribution is 7.90. The molecule has 0 saturated heterocycles. The molecule has 6 nitrogen and oxygen atoms in total. The Labute approximate surface area is 151 Å². The van der Waals surface area contributed by atoms with E-state index in [2.05, 4.69) is 0 Å². The lowest BCUT2D eigenvalue weighted by molar-refractivity contribution is 0.0516. The van der Waals surface area contributed by atoms with E-state index in [1.54, 1.807) is 43.3 Å². The van der Waals surface area contributed by atoms with Crippen LogP contribution in [-0.4, -0.2) is 31.3 Å². The summed E-state index contributed by atoms with van der Waals surface area (Å²) >= 11 is 0. The van der Waals surface area contributed by atoms with E-state index in [-0.39, 0.29) is 28.3 Å². The van der Waals surface area contributed by atoms with Crippen molar-refractivity contribution < 1.29 is 22.7 Å². The van der Waals surface area contributed by atoms with Gasteiger partial charge in [0, 0.05) is 5.39 Å². The smallest absolute Gasteiger partial charge is 0.356 e. The van der Waals surface area contributed by atoms with Crippen LogP contribution < -0.4 is 0 Å². The van der Waals surface area contributed by atoms with Gasteiger partial charge in [-0.05, 0) is 32.0 Å². The van der Waals surface area contributed by atoms with E-state index in [1.165, 1.54) is 12.1 Å². The van der Waals surface area contributed by atoms with Crippen molar-refractivity contribution in [1.82, 2.24) is 3.97 Å². The molecular weight excluding hydrogens is 354 g/mol. The molecule has 0 amide bonds. The summed E-state index contributed by atoms with van der Waals surface area (Å²) in [6.45, 7) is 3.51. The Kier molecular flexibility index (Phi) is 4.65. The molecule has 0 aliphatic rings. The molecule has 134 valence electrons. The molecule has 0 fully saturated rings. The number of para-hydroxylation sites is 1. The molecule has 3 rings (SSSR count). The minimum atomic E-state index is -4.11. The zero-order valence-corrected chi connectivity index (χ0v) is 15.1. The van der Waals surface area contributed by atoms with Gasteiger partial charge in [0.25, 0.3) is 10.0 Å². The van der Waals surface area contributed by atoms with Gasteiger partial charge in [-0.25, -0.2) is 17.2 Å². The quantitative estimate of drug-likeness (QED) is 0.508. The first-order valence-electron chi connectivity index (χ1n) is 7.99. The van der Waals surface area contributed by atoms with Crippen LogP contribution in [0, 0.1) is 6.92 Å². The standard InChI is InChI=1S/C19H17NO5S/c1-3-25-19(22)18-16(12-21)15-6-4-5-7-17(15)20(18)26(23,24)14-10-8-13(2)9-11-14/h4-12H,3H2,1-2H3. The van der Waals surface area contributed by atoms with E-state index >= 15 is 0 Å². The van der Waals surface area contributed by atoms with Crippen molar-refractivity contribution in [3.05, 3.63) is 65.4 Å². The molecule has 0 unspecified atom stereocenters. The Morgan fingerprint density at radius 2 is 1.77 bits per heavy atom. The van der Waals surface area contributed by atoms with Gasteiger partial charge in [0.15, 0.2) is 12.0 Å². The van der Waals surface area contributed by atoms with Crippen LogP contribution in [0.5, 0.6) is 0 Å². The number of rotatable bonds is 5. The fourth-order valence-electron chi connectivity index (χ4n) is 2.81. The number of benzene rings is 2. The van der Waals surface area contributed by atoms with Crippen LogP contribution in [0.3, 0.4) is 0 Å². The summed E-state index contributed by atoms with van der Waals surface area (Å²) in [7, 11) is -4.11. The monoisotopic (exact) mass is 371 g/mol. The molecule has 1 aromatic heterocycles. The minimum absolute atomic E-state index is 0.00487. The Morgan fingerprint density at radius 1 is 1.12 bits per heavy atom. The molecule has 0 bridgehead atoms. The second-order valence-electron chi connectivity index (χ2n) is 5.70. The number of esters is 1. The number of aryl methyl sites for hydroxylation is 1. The normalized spacial score (nSPS) is 11.5. The van der Waals surface area contributed by atoms with Crippen molar-refractivity contribution in [3.8, 4) is 0 Å². The number of aldehydes is 1. The molecule has 0 N–H and O–H groups in total. The number of fused-ring (bicyclic) bond motifs is 1. The predicted molar refractivity (Wildman–Crippen MR) is 97.0 cm³/mol. The molecular formula is C19H17NO5S. The van der Waals surface area contributed by atoms with Crippen LogP contribution >= 0.6 is 0 Å². The van der Waals surface area contributed by atoms with E-state index in [4.69, 9.17) is 4.74 Å².